The van der Waals surface area contributed by atoms with Gasteiger partial charge in [-0.3, -0.25) is 14.2 Å². The molecule has 2 aromatic heterocycles. The topological polar surface area (TPSA) is 108 Å². The van der Waals surface area contributed by atoms with Crippen molar-refractivity contribution in [1.82, 2.24) is 14.7 Å². The van der Waals surface area contributed by atoms with Crippen molar-refractivity contribution in [2.75, 3.05) is 19.5 Å². The molecule has 0 unspecified atom stereocenters. The summed E-state index contributed by atoms with van der Waals surface area (Å²) in [7, 11) is 2.96. The summed E-state index contributed by atoms with van der Waals surface area (Å²) in [6.45, 7) is 2.08. The number of benzene rings is 2. The van der Waals surface area contributed by atoms with Crippen LogP contribution in [0.3, 0.4) is 0 Å². The van der Waals surface area contributed by atoms with Crippen LogP contribution in [0.4, 0.5) is 5.69 Å². The summed E-state index contributed by atoms with van der Waals surface area (Å²) in [6, 6.07) is 10.8. The molecule has 1 amide bonds. The molecule has 0 bridgehead atoms. The van der Waals surface area contributed by atoms with Gasteiger partial charge in [-0.25, -0.2) is 4.98 Å². The van der Waals surface area contributed by atoms with Gasteiger partial charge in [0.25, 0.3) is 11.1 Å². The molecule has 0 radical (unpaired) electrons. The molecule has 0 saturated heterocycles. The maximum atomic E-state index is 12.8. The Morgan fingerprint density at radius 2 is 1.88 bits per heavy atom. The number of amides is 1. The largest absolute Gasteiger partial charge is 0.495 e. The number of fused-ring (bicyclic) bond motifs is 1. The molecule has 4 aromatic rings. The highest BCUT2D eigenvalue weighted by Crippen LogP contribution is 2.36. The van der Waals surface area contributed by atoms with Crippen LogP contribution in [0, 0.1) is 6.92 Å². The predicted molar refractivity (Wildman–Crippen MR) is 124 cm³/mol. The fourth-order valence-corrected chi connectivity index (χ4v) is 3.55. The van der Waals surface area contributed by atoms with E-state index in [9.17, 15) is 9.59 Å². The van der Waals surface area contributed by atoms with Gasteiger partial charge in [-0.2, -0.15) is 0 Å². The monoisotopic (exact) mass is 468 g/mol. The van der Waals surface area contributed by atoms with E-state index in [1.165, 1.54) is 31.2 Å². The van der Waals surface area contributed by atoms with E-state index >= 15 is 0 Å². The van der Waals surface area contributed by atoms with E-state index in [1.54, 1.807) is 6.07 Å². The molecular formula is C23H21ClN4O5. The van der Waals surface area contributed by atoms with E-state index < -0.39 is 5.56 Å². The standard InChI is InChI=1S/C23H21ClN4O5/c1-13-4-6-14(7-5-13)20-21-22(33-27-20)23(30)28(12-25-21)9-8-19(29)26-16-10-15(24)17(31-2)11-18(16)32-3/h4-7,10-12H,8-9H2,1-3H3,(H,26,29). The van der Waals surface area contributed by atoms with Gasteiger partial charge in [0, 0.05) is 24.6 Å². The molecule has 0 aliphatic heterocycles. The lowest BCUT2D eigenvalue weighted by molar-refractivity contribution is -0.116. The van der Waals surface area contributed by atoms with Crippen LogP contribution in [-0.2, 0) is 11.3 Å². The Bertz CT molecular complexity index is 1380. The summed E-state index contributed by atoms with van der Waals surface area (Å²) >= 11 is 6.14. The second-order valence-corrected chi connectivity index (χ2v) is 7.71. The third-order valence-electron chi connectivity index (χ3n) is 5.10. The second kappa shape index (κ2) is 9.33. The summed E-state index contributed by atoms with van der Waals surface area (Å²) in [5.41, 5.74) is 2.80. The number of aromatic nitrogens is 3. The Morgan fingerprint density at radius 3 is 2.58 bits per heavy atom. The summed E-state index contributed by atoms with van der Waals surface area (Å²) in [4.78, 5) is 29.7. The first-order chi connectivity index (χ1) is 15.9. The maximum absolute atomic E-state index is 12.8. The predicted octanol–water partition coefficient (Wildman–Crippen LogP) is 4.06. The van der Waals surface area contributed by atoms with Crippen molar-refractivity contribution in [3.05, 3.63) is 63.7 Å². The van der Waals surface area contributed by atoms with Crippen molar-refractivity contribution < 1.29 is 18.8 Å². The van der Waals surface area contributed by atoms with Crippen LogP contribution < -0.4 is 20.3 Å². The van der Waals surface area contributed by atoms with Crippen molar-refractivity contribution in [1.29, 1.82) is 0 Å². The minimum Gasteiger partial charge on any atom is -0.495 e. The first-order valence-corrected chi connectivity index (χ1v) is 10.4. The molecule has 0 spiro atoms. The summed E-state index contributed by atoms with van der Waals surface area (Å²) in [5, 5.41) is 7.09. The summed E-state index contributed by atoms with van der Waals surface area (Å²) in [5.74, 6) is 0.490. The Hall–Kier alpha value is -3.85. The van der Waals surface area contributed by atoms with Crippen LogP contribution in [-0.4, -0.2) is 34.8 Å². The summed E-state index contributed by atoms with van der Waals surface area (Å²) in [6.07, 6.45) is 1.40. The molecule has 2 aromatic carbocycles. The van der Waals surface area contributed by atoms with Crippen molar-refractivity contribution in [2.24, 2.45) is 0 Å². The first kappa shape index (κ1) is 22.3. The van der Waals surface area contributed by atoms with Gasteiger partial charge < -0.3 is 19.3 Å². The van der Waals surface area contributed by atoms with E-state index in [-0.39, 0.29) is 24.5 Å². The lowest BCUT2D eigenvalue weighted by Gasteiger charge is -2.13. The first-order valence-electron chi connectivity index (χ1n) is 10.0. The van der Waals surface area contributed by atoms with Crippen LogP contribution >= 0.6 is 11.6 Å². The Kier molecular flexibility index (Phi) is 6.32. The number of carbonyl (C=O) groups excluding carboxylic acids is 1. The number of hydrogen-bond donors (Lipinski definition) is 1. The van der Waals surface area contributed by atoms with E-state index in [0.29, 0.717) is 33.4 Å². The van der Waals surface area contributed by atoms with Crippen molar-refractivity contribution in [3.63, 3.8) is 0 Å². The van der Waals surface area contributed by atoms with Crippen LogP contribution in [0.5, 0.6) is 11.5 Å². The Morgan fingerprint density at radius 1 is 1.15 bits per heavy atom. The number of halogens is 1. The number of nitrogens with zero attached hydrogens (tertiary/aromatic N) is 3. The van der Waals surface area contributed by atoms with Crippen LogP contribution in [0.25, 0.3) is 22.4 Å². The molecule has 1 N–H and O–H groups in total. The molecule has 33 heavy (non-hydrogen) atoms. The van der Waals surface area contributed by atoms with Gasteiger partial charge in [0.05, 0.1) is 31.3 Å². The zero-order chi connectivity index (χ0) is 23.5. The van der Waals surface area contributed by atoms with E-state index in [0.717, 1.165) is 11.1 Å². The van der Waals surface area contributed by atoms with Crippen molar-refractivity contribution >= 4 is 34.3 Å². The van der Waals surface area contributed by atoms with Gasteiger partial charge >= 0.3 is 0 Å². The number of nitrogens with one attached hydrogen (secondary N) is 1. The number of carbonyl (C=O) groups is 1. The molecule has 170 valence electrons. The average molecular weight is 469 g/mol. The van der Waals surface area contributed by atoms with Gasteiger partial charge in [-0.1, -0.05) is 46.6 Å². The molecule has 0 atom stereocenters. The maximum Gasteiger partial charge on any atom is 0.299 e. The molecule has 9 nitrogen and oxygen atoms in total. The van der Waals surface area contributed by atoms with Gasteiger partial charge in [0.2, 0.25) is 5.91 Å². The van der Waals surface area contributed by atoms with Gasteiger partial charge in [0.15, 0.2) is 0 Å². The zero-order valence-corrected chi connectivity index (χ0v) is 19.0. The quantitative estimate of drug-likeness (QED) is 0.435. The third kappa shape index (κ3) is 4.54. The second-order valence-electron chi connectivity index (χ2n) is 7.30. The molecule has 0 saturated carbocycles. The van der Waals surface area contributed by atoms with E-state index in [4.69, 9.17) is 25.6 Å². The average Bonchev–Trinajstić information content (AvgIpc) is 3.24. The van der Waals surface area contributed by atoms with Gasteiger partial charge in [-0.05, 0) is 13.0 Å². The van der Waals surface area contributed by atoms with E-state index in [1.807, 2.05) is 31.2 Å². The molecule has 10 heteroatoms. The lowest BCUT2D eigenvalue weighted by Crippen LogP contribution is -2.23. The highest BCUT2D eigenvalue weighted by molar-refractivity contribution is 6.32. The minimum atomic E-state index is -0.413. The minimum absolute atomic E-state index is 0.0128. The van der Waals surface area contributed by atoms with Crippen LogP contribution in [0.2, 0.25) is 5.02 Å². The number of rotatable bonds is 7. The Balaban J connectivity index is 1.50. The van der Waals surface area contributed by atoms with Gasteiger partial charge in [-0.15, -0.1) is 0 Å². The molecular weight excluding hydrogens is 448 g/mol. The fraction of sp³-hybridized carbons (Fsp3) is 0.217. The number of methoxy groups -OCH3 is 2. The smallest absolute Gasteiger partial charge is 0.299 e. The third-order valence-corrected chi connectivity index (χ3v) is 5.40. The number of aryl methyl sites for hydroxylation is 2. The van der Waals surface area contributed by atoms with Gasteiger partial charge in [0.1, 0.15) is 22.7 Å². The lowest BCUT2D eigenvalue weighted by atomic mass is 10.1. The van der Waals surface area contributed by atoms with Crippen molar-refractivity contribution in [2.45, 2.75) is 19.9 Å². The van der Waals surface area contributed by atoms with E-state index in [2.05, 4.69) is 15.5 Å². The normalized spacial score (nSPS) is 10.9. The molecule has 4 rings (SSSR count). The fourth-order valence-electron chi connectivity index (χ4n) is 3.31. The SMILES string of the molecule is COc1cc(OC)c(NC(=O)CCn2cnc3c(-c4ccc(C)cc4)noc3c2=O)cc1Cl. The molecule has 0 fully saturated rings. The van der Waals surface area contributed by atoms with Crippen LogP contribution in [0.15, 0.2) is 52.0 Å². The highest BCUT2D eigenvalue weighted by Gasteiger charge is 2.17. The molecule has 0 aliphatic carbocycles. The summed E-state index contributed by atoms with van der Waals surface area (Å²) < 4.78 is 17.0. The number of ether oxygens (including phenoxy) is 2. The number of hydrogen-bond acceptors (Lipinski definition) is 7. The molecule has 0 aliphatic rings. The van der Waals surface area contributed by atoms with Crippen LogP contribution in [0.1, 0.15) is 12.0 Å². The molecule has 2 heterocycles. The number of anilines is 1. The highest BCUT2D eigenvalue weighted by atomic mass is 35.5. The van der Waals surface area contributed by atoms with Crippen molar-refractivity contribution in [3.8, 4) is 22.8 Å². The Labute approximate surface area is 193 Å². The zero-order valence-electron chi connectivity index (χ0n) is 18.2.